The molecule has 1 aromatic carbocycles. The van der Waals surface area contributed by atoms with Crippen molar-refractivity contribution in [3.63, 3.8) is 0 Å². The molecule has 0 spiro atoms. The van der Waals surface area contributed by atoms with Gasteiger partial charge in [-0.3, -0.25) is 9.59 Å². The van der Waals surface area contributed by atoms with Crippen LogP contribution < -0.4 is 10.9 Å². The predicted molar refractivity (Wildman–Crippen MR) is 146 cm³/mol. The van der Waals surface area contributed by atoms with Crippen LogP contribution in [0.2, 0.25) is 0 Å². The van der Waals surface area contributed by atoms with E-state index in [2.05, 4.69) is 11.9 Å². The summed E-state index contributed by atoms with van der Waals surface area (Å²) in [5, 5.41) is 15.0. The molecule has 39 heavy (non-hydrogen) atoms. The highest BCUT2D eigenvalue weighted by Gasteiger charge is 2.41. The van der Waals surface area contributed by atoms with Crippen LogP contribution in [-0.4, -0.2) is 33.3 Å². The van der Waals surface area contributed by atoms with Crippen molar-refractivity contribution >= 4 is 16.8 Å². The Balaban J connectivity index is 1.67. The number of nitrogens with one attached hydrogen (secondary N) is 1. The molecule has 8 nitrogen and oxygen atoms in total. The van der Waals surface area contributed by atoms with E-state index in [9.17, 15) is 14.7 Å². The van der Waals surface area contributed by atoms with E-state index in [4.69, 9.17) is 14.5 Å². The molecule has 2 aromatic heterocycles. The molecule has 2 aliphatic rings. The lowest BCUT2D eigenvalue weighted by Gasteiger charge is -2.35. The summed E-state index contributed by atoms with van der Waals surface area (Å²) in [6.45, 7) is 13.5. The number of hydrogen-bond donors (Lipinski definition) is 2. The summed E-state index contributed by atoms with van der Waals surface area (Å²) in [6.07, 6.45) is 0.826. The summed E-state index contributed by atoms with van der Waals surface area (Å²) in [7, 11) is 0. The number of carbonyl (C=O) groups excluding carboxylic acids is 1. The minimum absolute atomic E-state index is 0.0384. The van der Waals surface area contributed by atoms with Gasteiger partial charge in [-0.05, 0) is 56.4 Å². The maximum absolute atomic E-state index is 15.2. The topological polar surface area (TPSA) is 103 Å². The molecule has 206 valence electrons. The zero-order chi connectivity index (χ0) is 28.2. The van der Waals surface area contributed by atoms with Gasteiger partial charge < -0.3 is 24.5 Å². The van der Waals surface area contributed by atoms with E-state index in [1.165, 1.54) is 6.07 Å². The molecule has 5 rings (SSSR count). The van der Waals surface area contributed by atoms with Crippen molar-refractivity contribution in [2.45, 2.75) is 78.9 Å². The lowest BCUT2D eigenvalue weighted by Crippen LogP contribution is -2.38. The zero-order valence-electron chi connectivity index (χ0n) is 23.0. The van der Waals surface area contributed by atoms with Crippen LogP contribution in [-0.2, 0) is 46.0 Å². The molecule has 0 fully saturated rings. The quantitative estimate of drug-likeness (QED) is 0.369. The van der Waals surface area contributed by atoms with Gasteiger partial charge in [0.25, 0.3) is 5.56 Å². The number of fused-ring (bicyclic) bond motifs is 5. The van der Waals surface area contributed by atoms with Crippen molar-refractivity contribution in [2.24, 2.45) is 0 Å². The number of ether oxygens (including phenoxy) is 2. The van der Waals surface area contributed by atoms with Crippen molar-refractivity contribution in [1.29, 1.82) is 0 Å². The molecule has 0 saturated carbocycles. The highest BCUT2D eigenvalue weighted by molar-refractivity contribution is 5.92. The number of pyridine rings is 2. The second kappa shape index (κ2) is 9.88. The van der Waals surface area contributed by atoms with E-state index in [1.807, 2.05) is 27.7 Å². The molecule has 2 aliphatic heterocycles. The molecule has 9 heteroatoms. The van der Waals surface area contributed by atoms with Crippen LogP contribution in [0.5, 0.6) is 0 Å². The van der Waals surface area contributed by atoms with Crippen molar-refractivity contribution in [3.05, 3.63) is 74.0 Å². The van der Waals surface area contributed by atoms with E-state index < -0.39 is 11.4 Å². The molecular weight excluding hydrogens is 501 g/mol. The Morgan fingerprint density at radius 3 is 2.72 bits per heavy atom. The van der Waals surface area contributed by atoms with Gasteiger partial charge in [-0.2, -0.15) is 0 Å². The Kier molecular flexibility index (Phi) is 6.84. The van der Waals surface area contributed by atoms with Gasteiger partial charge in [0.15, 0.2) is 0 Å². The van der Waals surface area contributed by atoms with E-state index >= 15 is 4.39 Å². The second-order valence-corrected chi connectivity index (χ2v) is 10.5. The first-order valence-electron chi connectivity index (χ1n) is 13.4. The third-order valence-electron chi connectivity index (χ3n) is 7.95. The number of halogens is 1. The number of nitrogens with zero attached hydrogens (tertiary/aromatic N) is 2. The molecule has 1 amide bonds. The first-order chi connectivity index (χ1) is 18.5. The maximum Gasteiger partial charge on any atom is 0.258 e. The molecule has 0 aliphatic carbocycles. The first kappa shape index (κ1) is 27.0. The number of carbonyl (C=O) groups is 1. The number of aromatic nitrogens is 2. The predicted octanol–water partition coefficient (Wildman–Crippen LogP) is 4.12. The van der Waals surface area contributed by atoms with Crippen molar-refractivity contribution in [3.8, 4) is 11.4 Å². The fourth-order valence-electron chi connectivity index (χ4n) is 5.69. The number of aryl methyl sites for hydroxylation is 1. The average Bonchev–Trinajstić information content (AvgIpc) is 3.27. The molecule has 0 unspecified atom stereocenters. The smallest absolute Gasteiger partial charge is 0.258 e. The normalized spacial score (nSPS) is 17.7. The molecule has 2 N–H and O–H groups in total. The fraction of sp³-hybridized carbons (Fsp3) is 0.433. The Hall–Kier alpha value is -3.56. The van der Waals surface area contributed by atoms with Crippen LogP contribution in [0.1, 0.15) is 67.5 Å². The van der Waals surface area contributed by atoms with Crippen LogP contribution in [0, 0.1) is 12.7 Å². The van der Waals surface area contributed by atoms with Gasteiger partial charge in [-0.15, -0.1) is 0 Å². The van der Waals surface area contributed by atoms with Gasteiger partial charge in [0.2, 0.25) is 5.91 Å². The van der Waals surface area contributed by atoms with Gasteiger partial charge in [-0.25, -0.2) is 9.37 Å². The van der Waals surface area contributed by atoms with Crippen molar-refractivity contribution < 1.29 is 23.8 Å². The van der Waals surface area contributed by atoms with Crippen LogP contribution in [0.15, 0.2) is 29.3 Å². The zero-order valence-corrected chi connectivity index (χ0v) is 23.0. The Morgan fingerprint density at radius 2 is 2.05 bits per heavy atom. The Morgan fingerprint density at radius 1 is 1.31 bits per heavy atom. The maximum atomic E-state index is 15.2. The number of amides is 1. The number of rotatable bonds is 7. The van der Waals surface area contributed by atoms with Gasteiger partial charge in [0, 0.05) is 29.1 Å². The van der Waals surface area contributed by atoms with Crippen LogP contribution in [0.3, 0.4) is 0 Å². The number of hydrogen-bond acceptors (Lipinski definition) is 6. The third kappa shape index (κ3) is 4.24. The summed E-state index contributed by atoms with van der Waals surface area (Å²) in [4.78, 5) is 30.9. The molecule has 4 heterocycles. The molecule has 0 bridgehead atoms. The average molecular weight is 536 g/mol. The molecule has 3 aromatic rings. The largest absolute Gasteiger partial charge is 0.490 e. The third-order valence-corrected chi connectivity index (χ3v) is 7.95. The second-order valence-electron chi connectivity index (χ2n) is 10.5. The van der Waals surface area contributed by atoms with Gasteiger partial charge in [-0.1, -0.05) is 20.4 Å². The van der Waals surface area contributed by atoms with Gasteiger partial charge >= 0.3 is 0 Å². The highest BCUT2D eigenvalue weighted by Crippen LogP contribution is 2.43. The van der Waals surface area contributed by atoms with E-state index in [1.54, 1.807) is 17.6 Å². The van der Waals surface area contributed by atoms with Gasteiger partial charge in [0.05, 0.1) is 35.1 Å². The summed E-state index contributed by atoms with van der Waals surface area (Å²) >= 11 is 0. The monoisotopic (exact) mass is 535 g/mol. The minimum atomic E-state index is -1.48. The van der Waals surface area contributed by atoms with E-state index in [-0.39, 0.29) is 43.1 Å². The summed E-state index contributed by atoms with van der Waals surface area (Å²) in [5.74, 6) is -0.498. The minimum Gasteiger partial charge on any atom is -0.490 e. The molecule has 1 atom stereocenters. The van der Waals surface area contributed by atoms with Crippen LogP contribution in [0.25, 0.3) is 22.3 Å². The van der Waals surface area contributed by atoms with Gasteiger partial charge in [0.1, 0.15) is 30.4 Å². The van der Waals surface area contributed by atoms with E-state index in [0.29, 0.717) is 58.5 Å². The van der Waals surface area contributed by atoms with Crippen molar-refractivity contribution in [1.82, 2.24) is 14.9 Å². The van der Waals surface area contributed by atoms with Crippen LogP contribution >= 0.6 is 0 Å². The lowest BCUT2D eigenvalue weighted by molar-refractivity contribution is -0.127. The number of aliphatic hydroxyl groups is 1. The van der Waals surface area contributed by atoms with Crippen LogP contribution in [0.4, 0.5) is 4.39 Å². The molecular formula is C30H34FN3O5. The standard InChI is InChI=1S/C30H34FN3O5/c1-7-18-20-12-34-25(9-22-21(29(34)36)13-39-17(6)30(22,37)8-2)28(20)33-24-10-23(31)16(5)19(27(18)24)11-32-26(35)14-38-15(3)4/h9-10,15,37H,6-8,11-14H2,1-5H3,(H,32,35)/t30-/m1/s1. The molecule has 0 saturated heterocycles. The van der Waals surface area contributed by atoms with E-state index in [0.717, 1.165) is 16.5 Å². The summed E-state index contributed by atoms with van der Waals surface area (Å²) in [6, 6.07) is 3.22. The SMILES string of the molecule is C=C1OCc2c(cc3n(c2=O)Cc2c-3nc3cc(F)c(C)c(CNC(=O)COC(C)C)c3c2CC)[C@@]1(O)CC. The lowest BCUT2D eigenvalue weighted by atomic mass is 9.84. The van der Waals surface area contributed by atoms with Crippen molar-refractivity contribution in [2.75, 3.05) is 6.61 Å². The fourth-order valence-corrected chi connectivity index (χ4v) is 5.69. The summed E-state index contributed by atoms with van der Waals surface area (Å²) < 4.78 is 27.8. The Bertz CT molecular complexity index is 1590. The number of benzene rings is 1. The molecule has 0 radical (unpaired) electrons. The Labute approximate surface area is 226 Å². The first-order valence-corrected chi connectivity index (χ1v) is 13.4. The highest BCUT2D eigenvalue weighted by atomic mass is 19.1. The summed E-state index contributed by atoms with van der Waals surface area (Å²) in [5.41, 5.74) is 3.71.